The summed E-state index contributed by atoms with van der Waals surface area (Å²) in [6.45, 7) is 6.08. The highest BCUT2D eigenvalue weighted by Crippen LogP contribution is 2.19. The molecule has 3 heteroatoms. The van der Waals surface area contributed by atoms with Crippen LogP contribution < -0.4 is 0 Å². The van der Waals surface area contributed by atoms with Gasteiger partial charge in [-0.05, 0) is 25.5 Å². The molecule has 16 heavy (non-hydrogen) atoms. The summed E-state index contributed by atoms with van der Waals surface area (Å²) in [7, 11) is 2.19. The first-order chi connectivity index (χ1) is 7.78. The Morgan fingerprint density at radius 1 is 1.06 bits per heavy atom. The minimum atomic E-state index is 0.221. The molecule has 0 aromatic carbocycles. The summed E-state index contributed by atoms with van der Waals surface area (Å²) in [6, 6.07) is 0. The second kappa shape index (κ2) is 5.62. The van der Waals surface area contributed by atoms with Crippen molar-refractivity contribution in [1.29, 1.82) is 0 Å². The molecule has 1 N–H and O–H groups in total. The van der Waals surface area contributed by atoms with E-state index in [4.69, 9.17) is 5.11 Å². The van der Waals surface area contributed by atoms with E-state index >= 15 is 0 Å². The fraction of sp³-hybridized carbons (Fsp3) is 0.692. The highest BCUT2D eigenvalue weighted by molar-refractivity contribution is 5.25. The molecule has 90 valence electrons. The quantitative estimate of drug-likeness (QED) is 0.767. The van der Waals surface area contributed by atoms with Crippen molar-refractivity contribution in [2.75, 3.05) is 46.4 Å². The Kier molecular flexibility index (Phi) is 4.16. The van der Waals surface area contributed by atoms with Gasteiger partial charge in [0.05, 0.1) is 6.61 Å². The maximum absolute atomic E-state index is 9.01. The summed E-state index contributed by atoms with van der Waals surface area (Å²) < 4.78 is 0. The van der Waals surface area contributed by atoms with E-state index in [0.717, 1.165) is 19.4 Å². The first-order valence-electron chi connectivity index (χ1n) is 6.17. The maximum atomic E-state index is 9.01. The van der Waals surface area contributed by atoms with Crippen molar-refractivity contribution in [1.82, 2.24) is 9.80 Å². The van der Waals surface area contributed by atoms with Crippen molar-refractivity contribution >= 4 is 0 Å². The van der Waals surface area contributed by atoms with E-state index in [1.165, 1.54) is 37.3 Å². The Labute approximate surface area is 98.0 Å². The van der Waals surface area contributed by atoms with Gasteiger partial charge >= 0.3 is 0 Å². The molecule has 1 saturated heterocycles. The van der Waals surface area contributed by atoms with Crippen LogP contribution in [0.25, 0.3) is 0 Å². The lowest BCUT2D eigenvalue weighted by atomic mass is 9.98. The molecule has 1 heterocycles. The maximum Gasteiger partial charge on any atom is 0.0644 e. The average molecular weight is 222 g/mol. The summed E-state index contributed by atoms with van der Waals surface area (Å²) >= 11 is 0. The predicted molar refractivity (Wildman–Crippen MR) is 66.4 cm³/mol. The molecular formula is C13H22N2O. The molecule has 0 aromatic heterocycles. The van der Waals surface area contributed by atoms with Crippen LogP contribution in [0.2, 0.25) is 0 Å². The van der Waals surface area contributed by atoms with Gasteiger partial charge in [0.2, 0.25) is 0 Å². The third-order valence-electron chi connectivity index (χ3n) is 3.55. The fourth-order valence-corrected chi connectivity index (χ4v) is 2.28. The molecular weight excluding hydrogens is 200 g/mol. The SMILES string of the molecule is CN1CCN(CC2=CC=C(CO)CC2)CC1. The van der Waals surface area contributed by atoms with Crippen molar-refractivity contribution in [2.45, 2.75) is 12.8 Å². The van der Waals surface area contributed by atoms with Crippen molar-refractivity contribution < 1.29 is 5.11 Å². The van der Waals surface area contributed by atoms with Crippen LogP contribution in [0.4, 0.5) is 0 Å². The second-order valence-electron chi connectivity index (χ2n) is 4.89. The van der Waals surface area contributed by atoms with Gasteiger partial charge in [0, 0.05) is 32.7 Å². The van der Waals surface area contributed by atoms with Gasteiger partial charge in [-0.1, -0.05) is 17.7 Å². The lowest BCUT2D eigenvalue weighted by molar-refractivity contribution is 0.163. The number of hydrogen-bond acceptors (Lipinski definition) is 3. The zero-order valence-electron chi connectivity index (χ0n) is 10.2. The van der Waals surface area contributed by atoms with Crippen LogP contribution in [0, 0.1) is 0 Å². The Hall–Kier alpha value is -0.640. The minimum Gasteiger partial charge on any atom is -0.392 e. The van der Waals surface area contributed by atoms with E-state index in [0.29, 0.717) is 0 Å². The number of piperazine rings is 1. The molecule has 0 saturated carbocycles. The van der Waals surface area contributed by atoms with Crippen LogP contribution in [0.5, 0.6) is 0 Å². The summed E-state index contributed by atoms with van der Waals surface area (Å²) in [5.74, 6) is 0. The van der Waals surface area contributed by atoms with Crippen LogP contribution in [-0.2, 0) is 0 Å². The number of aliphatic hydroxyl groups excluding tert-OH is 1. The minimum absolute atomic E-state index is 0.221. The molecule has 0 bridgehead atoms. The van der Waals surface area contributed by atoms with Crippen LogP contribution >= 0.6 is 0 Å². The number of rotatable bonds is 3. The monoisotopic (exact) mass is 222 g/mol. The van der Waals surface area contributed by atoms with E-state index in [2.05, 4.69) is 29.0 Å². The topological polar surface area (TPSA) is 26.7 Å². The number of nitrogens with zero attached hydrogens (tertiary/aromatic N) is 2. The van der Waals surface area contributed by atoms with Crippen molar-refractivity contribution in [3.8, 4) is 0 Å². The Morgan fingerprint density at radius 2 is 1.69 bits per heavy atom. The Bertz CT molecular complexity index is 288. The summed E-state index contributed by atoms with van der Waals surface area (Å²) in [4.78, 5) is 4.92. The zero-order valence-corrected chi connectivity index (χ0v) is 10.2. The van der Waals surface area contributed by atoms with E-state index in [-0.39, 0.29) is 6.61 Å². The van der Waals surface area contributed by atoms with Crippen LogP contribution in [0.1, 0.15) is 12.8 Å². The highest BCUT2D eigenvalue weighted by atomic mass is 16.3. The molecule has 0 atom stereocenters. The second-order valence-corrected chi connectivity index (χ2v) is 4.89. The molecule has 2 rings (SSSR count). The zero-order chi connectivity index (χ0) is 11.4. The van der Waals surface area contributed by atoms with E-state index in [1.807, 2.05) is 0 Å². The van der Waals surface area contributed by atoms with Gasteiger partial charge < -0.3 is 10.0 Å². The average Bonchev–Trinajstić information content (AvgIpc) is 2.33. The third-order valence-corrected chi connectivity index (χ3v) is 3.55. The van der Waals surface area contributed by atoms with Crippen LogP contribution in [-0.4, -0.2) is 61.3 Å². The van der Waals surface area contributed by atoms with Gasteiger partial charge in [-0.15, -0.1) is 0 Å². The highest BCUT2D eigenvalue weighted by Gasteiger charge is 2.15. The lowest BCUT2D eigenvalue weighted by Crippen LogP contribution is -2.45. The third kappa shape index (κ3) is 3.17. The molecule has 1 fully saturated rings. The van der Waals surface area contributed by atoms with Crippen molar-refractivity contribution in [3.05, 3.63) is 23.3 Å². The molecule has 0 spiro atoms. The molecule has 0 aromatic rings. The largest absolute Gasteiger partial charge is 0.392 e. The Balaban J connectivity index is 1.82. The van der Waals surface area contributed by atoms with Crippen LogP contribution in [0.3, 0.4) is 0 Å². The van der Waals surface area contributed by atoms with Crippen LogP contribution in [0.15, 0.2) is 23.3 Å². The fourth-order valence-electron chi connectivity index (χ4n) is 2.28. The molecule has 1 aliphatic heterocycles. The normalized spacial score (nSPS) is 24.1. The van der Waals surface area contributed by atoms with E-state index in [1.54, 1.807) is 0 Å². The molecule has 1 aliphatic carbocycles. The number of aliphatic hydroxyl groups is 1. The first kappa shape index (κ1) is 11.8. The molecule has 0 radical (unpaired) electrons. The summed E-state index contributed by atoms with van der Waals surface area (Å²) in [6.07, 6.45) is 6.46. The first-order valence-corrected chi connectivity index (χ1v) is 6.17. The van der Waals surface area contributed by atoms with Crippen molar-refractivity contribution in [2.24, 2.45) is 0 Å². The molecule has 3 nitrogen and oxygen atoms in total. The van der Waals surface area contributed by atoms with Gasteiger partial charge in [-0.3, -0.25) is 4.90 Å². The van der Waals surface area contributed by atoms with Gasteiger partial charge in [-0.25, -0.2) is 0 Å². The summed E-state index contributed by atoms with van der Waals surface area (Å²) in [5, 5.41) is 9.01. The predicted octanol–water partition coefficient (Wildman–Crippen LogP) is 0.873. The molecule has 0 unspecified atom stereocenters. The van der Waals surface area contributed by atoms with E-state index in [9.17, 15) is 0 Å². The lowest BCUT2D eigenvalue weighted by Gasteiger charge is -2.33. The molecule has 0 amide bonds. The van der Waals surface area contributed by atoms with E-state index < -0.39 is 0 Å². The van der Waals surface area contributed by atoms with Gasteiger partial charge in [0.15, 0.2) is 0 Å². The molecule has 2 aliphatic rings. The van der Waals surface area contributed by atoms with Gasteiger partial charge in [0.1, 0.15) is 0 Å². The number of hydrogen-bond donors (Lipinski definition) is 1. The standard InChI is InChI=1S/C13H22N2O/c1-14-6-8-15(9-7-14)10-12-2-4-13(11-16)5-3-12/h2,4,16H,3,5-11H2,1H3. The smallest absolute Gasteiger partial charge is 0.0644 e. The van der Waals surface area contributed by atoms with Gasteiger partial charge in [0.25, 0.3) is 0 Å². The van der Waals surface area contributed by atoms with Gasteiger partial charge in [-0.2, -0.15) is 0 Å². The number of likely N-dealkylation sites (N-methyl/N-ethyl adjacent to an activating group) is 1. The summed E-state index contributed by atoms with van der Waals surface area (Å²) in [5.41, 5.74) is 2.68. The Morgan fingerprint density at radius 3 is 2.25 bits per heavy atom. The number of allylic oxidation sites excluding steroid dienone is 2. The van der Waals surface area contributed by atoms with Crippen molar-refractivity contribution in [3.63, 3.8) is 0 Å².